The van der Waals surface area contributed by atoms with Crippen molar-refractivity contribution in [3.63, 3.8) is 0 Å². The Morgan fingerprint density at radius 1 is 1.62 bits per heavy atom. The van der Waals surface area contributed by atoms with Gasteiger partial charge in [-0.25, -0.2) is 0 Å². The van der Waals surface area contributed by atoms with E-state index in [1.807, 2.05) is 0 Å². The maximum absolute atomic E-state index is 11.9. The van der Waals surface area contributed by atoms with Gasteiger partial charge in [0.1, 0.15) is 6.04 Å². The molecule has 9 heteroatoms. The minimum atomic E-state index is -0.850. The predicted molar refractivity (Wildman–Crippen MR) is 76.2 cm³/mol. The summed E-state index contributed by atoms with van der Waals surface area (Å²) in [6.07, 6.45) is -0.435. The van der Waals surface area contributed by atoms with Crippen LogP contribution in [0.4, 0.5) is 10.7 Å². The van der Waals surface area contributed by atoms with Crippen molar-refractivity contribution >= 4 is 33.8 Å². The third kappa shape index (κ3) is 2.88. The Kier molecular flexibility index (Phi) is 4.24. The van der Waals surface area contributed by atoms with Crippen molar-refractivity contribution in [1.82, 2.24) is 5.32 Å². The lowest BCUT2D eigenvalue weighted by atomic mass is 10.1. The summed E-state index contributed by atoms with van der Waals surface area (Å²) in [5.74, 6) is -0.957. The molecule has 0 saturated carbocycles. The molecule has 2 atom stereocenters. The Hall–Kier alpha value is -2.00. The van der Waals surface area contributed by atoms with E-state index in [4.69, 9.17) is 0 Å². The second-order valence-corrected chi connectivity index (χ2v) is 5.80. The fourth-order valence-corrected chi connectivity index (χ4v) is 3.33. The molecule has 0 aliphatic carbocycles. The number of aliphatic hydroxyl groups excluding tert-OH is 1. The summed E-state index contributed by atoms with van der Waals surface area (Å²) < 4.78 is 0. The van der Waals surface area contributed by atoms with Crippen LogP contribution in [-0.2, 0) is 9.59 Å². The molecule has 114 valence electrons. The second kappa shape index (κ2) is 5.78. The van der Waals surface area contributed by atoms with Crippen LogP contribution in [-0.4, -0.2) is 34.4 Å². The van der Waals surface area contributed by atoms with E-state index in [1.165, 1.54) is 17.9 Å². The minimum Gasteiger partial charge on any atom is -0.388 e. The molecule has 0 bridgehead atoms. The Morgan fingerprint density at radius 2 is 2.29 bits per heavy atom. The van der Waals surface area contributed by atoms with Gasteiger partial charge in [-0.3, -0.25) is 25.0 Å². The topological polar surface area (TPSA) is 113 Å². The summed E-state index contributed by atoms with van der Waals surface area (Å²) in [6, 6.07) is 0.649. The van der Waals surface area contributed by atoms with Crippen LogP contribution >= 0.6 is 11.3 Å². The van der Waals surface area contributed by atoms with E-state index in [0.717, 1.165) is 11.3 Å². The Bertz CT molecular complexity index is 598. The van der Waals surface area contributed by atoms with E-state index >= 15 is 0 Å². The van der Waals surface area contributed by atoms with E-state index in [2.05, 4.69) is 5.32 Å². The van der Waals surface area contributed by atoms with Crippen LogP contribution in [0.15, 0.2) is 6.07 Å². The highest BCUT2D eigenvalue weighted by Crippen LogP contribution is 2.41. The first-order valence-corrected chi connectivity index (χ1v) is 7.23. The van der Waals surface area contributed by atoms with Gasteiger partial charge in [-0.2, -0.15) is 0 Å². The van der Waals surface area contributed by atoms with Crippen LogP contribution < -0.4 is 10.2 Å². The molecule has 1 fully saturated rings. The molecule has 1 aromatic rings. The summed E-state index contributed by atoms with van der Waals surface area (Å²) in [4.78, 5) is 35.9. The average molecular weight is 313 g/mol. The zero-order chi connectivity index (χ0) is 15.7. The van der Waals surface area contributed by atoms with Crippen molar-refractivity contribution in [3.8, 4) is 0 Å². The smallest absolute Gasteiger partial charge is 0.304 e. The molecule has 2 amide bonds. The molecule has 1 aliphatic rings. The number of carbonyl (C=O) groups is 2. The second-order valence-electron chi connectivity index (χ2n) is 4.74. The molecule has 8 nitrogen and oxygen atoms in total. The fourth-order valence-electron chi connectivity index (χ4n) is 2.22. The van der Waals surface area contributed by atoms with Gasteiger partial charge >= 0.3 is 5.69 Å². The highest BCUT2D eigenvalue weighted by Gasteiger charge is 2.37. The number of carbonyl (C=O) groups excluding carboxylic acids is 2. The van der Waals surface area contributed by atoms with Crippen molar-refractivity contribution in [1.29, 1.82) is 0 Å². The van der Waals surface area contributed by atoms with E-state index in [0.29, 0.717) is 11.3 Å². The summed E-state index contributed by atoms with van der Waals surface area (Å²) in [7, 11) is 0. The number of rotatable bonds is 4. The maximum atomic E-state index is 11.9. The normalized spacial score (nSPS) is 20.3. The number of nitrogens with zero attached hydrogens (tertiary/aromatic N) is 2. The lowest BCUT2D eigenvalue weighted by Gasteiger charge is -2.33. The van der Waals surface area contributed by atoms with Crippen molar-refractivity contribution in [2.75, 3.05) is 11.4 Å². The molecule has 1 unspecified atom stereocenters. The Balaban J connectivity index is 2.49. The van der Waals surface area contributed by atoms with E-state index in [9.17, 15) is 24.8 Å². The molecule has 2 N–H and O–H groups in total. The van der Waals surface area contributed by atoms with Crippen LogP contribution in [0.5, 0.6) is 0 Å². The first kappa shape index (κ1) is 15.4. The molecular formula is C12H15N3O5S. The number of hydrogen-bond donors (Lipinski definition) is 2. The SMILES string of the molecule is CCC1C(=O)NC(=O)CN1c1sc([C@@H](C)O)cc1[N+](=O)[O-]. The van der Waals surface area contributed by atoms with Gasteiger partial charge < -0.3 is 10.0 Å². The number of aliphatic hydroxyl groups is 1. The van der Waals surface area contributed by atoms with Gasteiger partial charge in [0, 0.05) is 10.9 Å². The predicted octanol–water partition coefficient (Wildman–Crippen LogP) is 0.951. The molecule has 0 radical (unpaired) electrons. The number of nitrogens with one attached hydrogen (secondary N) is 1. The molecule has 0 spiro atoms. The van der Waals surface area contributed by atoms with Gasteiger partial charge in [-0.15, -0.1) is 11.3 Å². The summed E-state index contributed by atoms with van der Waals surface area (Å²) in [5.41, 5.74) is -0.197. The van der Waals surface area contributed by atoms with E-state index in [-0.39, 0.29) is 17.2 Å². The first-order valence-electron chi connectivity index (χ1n) is 6.41. The summed E-state index contributed by atoms with van der Waals surface area (Å²) in [5, 5.41) is 23.2. The standard InChI is InChI=1S/C12H15N3O5S/c1-3-7-11(18)13-10(17)5-14(7)12-8(15(19)20)4-9(21-12)6(2)16/h4,6-7,16H,3,5H2,1-2H3,(H,13,17,18)/t6-,7?/m1/s1. The fraction of sp³-hybridized carbons (Fsp3) is 0.500. The summed E-state index contributed by atoms with van der Waals surface area (Å²) in [6.45, 7) is 3.15. The molecule has 1 aliphatic heterocycles. The van der Waals surface area contributed by atoms with Crippen molar-refractivity contribution < 1.29 is 19.6 Å². The van der Waals surface area contributed by atoms with Crippen LogP contribution in [0.1, 0.15) is 31.2 Å². The van der Waals surface area contributed by atoms with Crippen molar-refractivity contribution in [2.45, 2.75) is 32.4 Å². The minimum absolute atomic E-state index is 0.120. The zero-order valence-electron chi connectivity index (χ0n) is 11.5. The highest BCUT2D eigenvalue weighted by molar-refractivity contribution is 7.16. The zero-order valence-corrected chi connectivity index (χ0v) is 12.3. The number of nitro groups is 1. The number of imide groups is 1. The van der Waals surface area contributed by atoms with Crippen molar-refractivity contribution in [2.24, 2.45) is 0 Å². The molecule has 2 rings (SSSR count). The Labute approximate surface area is 124 Å². The lowest BCUT2D eigenvalue weighted by Crippen LogP contribution is -2.58. The number of piperazine rings is 1. The largest absolute Gasteiger partial charge is 0.388 e. The number of anilines is 1. The Morgan fingerprint density at radius 3 is 2.81 bits per heavy atom. The third-order valence-corrected chi connectivity index (χ3v) is 4.56. The number of amides is 2. The maximum Gasteiger partial charge on any atom is 0.304 e. The molecule has 1 saturated heterocycles. The third-order valence-electron chi connectivity index (χ3n) is 3.22. The van der Waals surface area contributed by atoms with Gasteiger partial charge in [-0.1, -0.05) is 6.92 Å². The van der Waals surface area contributed by atoms with Crippen LogP contribution in [0.25, 0.3) is 0 Å². The van der Waals surface area contributed by atoms with Gasteiger partial charge in [0.15, 0.2) is 5.00 Å². The quantitative estimate of drug-likeness (QED) is 0.486. The van der Waals surface area contributed by atoms with Gasteiger partial charge in [-0.05, 0) is 13.3 Å². The summed E-state index contributed by atoms with van der Waals surface area (Å²) >= 11 is 1.03. The highest BCUT2D eigenvalue weighted by atomic mass is 32.1. The van der Waals surface area contributed by atoms with Crippen LogP contribution in [0.3, 0.4) is 0 Å². The molecule has 2 heterocycles. The average Bonchev–Trinajstić information content (AvgIpc) is 2.83. The monoisotopic (exact) mass is 313 g/mol. The number of thiophene rings is 1. The van der Waals surface area contributed by atoms with Crippen LogP contribution in [0, 0.1) is 10.1 Å². The molecule has 1 aromatic heterocycles. The van der Waals surface area contributed by atoms with Gasteiger partial charge in [0.2, 0.25) is 11.8 Å². The molecule has 0 aromatic carbocycles. The first-order chi connectivity index (χ1) is 9.85. The lowest BCUT2D eigenvalue weighted by molar-refractivity contribution is -0.383. The van der Waals surface area contributed by atoms with Crippen molar-refractivity contribution in [3.05, 3.63) is 21.1 Å². The van der Waals surface area contributed by atoms with Gasteiger partial charge in [0.05, 0.1) is 17.6 Å². The van der Waals surface area contributed by atoms with E-state index < -0.39 is 28.9 Å². The van der Waals surface area contributed by atoms with Crippen LogP contribution in [0.2, 0.25) is 0 Å². The van der Waals surface area contributed by atoms with E-state index in [1.54, 1.807) is 6.92 Å². The molecule has 21 heavy (non-hydrogen) atoms. The van der Waals surface area contributed by atoms with Gasteiger partial charge in [0.25, 0.3) is 0 Å². The number of hydrogen-bond acceptors (Lipinski definition) is 7. The molecular weight excluding hydrogens is 298 g/mol.